The van der Waals surface area contributed by atoms with Crippen LogP contribution >= 0.6 is 0 Å². The lowest BCUT2D eigenvalue weighted by molar-refractivity contribution is 0.000573. The predicted molar refractivity (Wildman–Crippen MR) is 71.1 cm³/mol. The molecular weight excluding hydrogens is 228 g/mol. The van der Waals surface area contributed by atoms with Gasteiger partial charge in [-0.25, -0.2) is 0 Å². The Bertz CT molecular complexity index is 370. The number of hydrogen-bond donors (Lipinski definition) is 1. The van der Waals surface area contributed by atoms with E-state index in [-0.39, 0.29) is 0 Å². The Hall–Kier alpha value is -1.22. The van der Waals surface area contributed by atoms with Crippen LogP contribution in [0.3, 0.4) is 0 Å². The molecule has 1 N–H and O–H groups in total. The van der Waals surface area contributed by atoms with Gasteiger partial charge in [0.1, 0.15) is 6.61 Å². The van der Waals surface area contributed by atoms with Crippen molar-refractivity contribution in [3.05, 3.63) is 24.3 Å². The molecule has 18 heavy (non-hydrogen) atoms. The molecule has 0 atom stereocenters. The molecular formula is C15H22O3. The second-order valence-electron chi connectivity index (χ2n) is 5.02. The van der Waals surface area contributed by atoms with Gasteiger partial charge < -0.3 is 14.6 Å². The number of benzene rings is 1. The van der Waals surface area contributed by atoms with E-state index < -0.39 is 5.60 Å². The fourth-order valence-corrected chi connectivity index (χ4v) is 2.29. The third kappa shape index (κ3) is 3.39. The van der Waals surface area contributed by atoms with E-state index in [4.69, 9.17) is 9.47 Å². The Labute approximate surface area is 109 Å². The third-order valence-electron chi connectivity index (χ3n) is 3.34. The Morgan fingerprint density at radius 2 is 1.72 bits per heavy atom. The molecule has 1 aromatic rings. The molecule has 3 nitrogen and oxygen atoms in total. The highest BCUT2D eigenvalue weighted by atomic mass is 16.5. The molecule has 0 heterocycles. The molecule has 0 aromatic heterocycles. The molecule has 0 unspecified atom stereocenters. The molecule has 1 saturated carbocycles. The van der Waals surface area contributed by atoms with Gasteiger partial charge in [-0.05, 0) is 31.4 Å². The van der Waals surface area contributed by atoms with Gasteiger partial charge in [0.05, 0.1) is 12.2 Å². The summed E-state index contributed by atoms with van der Waals surface area (Å²) in [6.07, 6.45) is 4.83. The minimum atomic E-state index is -0.641. The SMILES string of the molecule is CCCOc1ccccc1OCC1(O)CCCC1. The van der Waals surface area contributed by atoms with Gasteiger partial charge in [-0.1, -0.05) is 31.9 Å². The van der Waals surface area contributed by atoms with Crippen molar-refractivity contribution in [3.63, 3.8) is 0 Å². The zero-order valence-corrected chi connectivity index (χ0v) is 11.0. The van der Waals surface area contributed by atoms with Crippen LogP contribution in [0.25, 0.3) is 0 Å². The lowest BCUT2D eigenvalue weighted by Gasteiger charge is -2.23. The molecule has 0 amide bonds. The summed E-state index contributed by atoms with van der Waals surface area (Å²) >= 11 is 0. The molecule has 0 saturated heterocycles. The molecule has 0 aliphatic heterocycles. The van der Waals surface area contributed by atoms with E-state index in [1.807, 2.05) is 24.3 Å². The molecule has 1 aliphatic carbocycles. The molecule has 1 aliphatic rings. The summed E-state index contributed by atoms with van der Waals surface area (Å²) in [4.78, 5) is 0. The Morgan fingerprint density at radius 1 is 1.11 bits per heavy atom. The monoisotopic (exact) mass is 250 g/mol. The Kier molecular flexibility index (Phi) is 4.48. The highest BCUT2D eigenvalue weighted by Crippen LogP contribution is 2.32. The maximum atomic E-state index is 10.3. The summed E-state index contributed by atoms with van der Waals surface area (Å²) in [6, 6.07) is 7.65. The smallest absolute Gasteiger partial charge is 0.161 e. The molecule has 1 fully saturated rings. The number of aliphatic hydroxyl groups is 1. The van der Waals surface area contributed by atoms with Crippen LogP contribution < -0.4 is 9.47 Å². The van der Waals surface area contributed by atoms with Gasteiger partial charge in [0.2, 0.25) is 0 Å². The molecule has 1 aromatic carbocycles. The van der Waals surface area contributed by atoms with E-state index in [0.717, 1.165) is 43.6 Å². The molecule has 0 radical (unpaired) electrons. The summed E-state index contributed by atoms with van der Waals surface area (Å²) in [5, 5.41) is 10.3. The van der Waals surface area contributed by atoms with Gasteiger partial charge in [0.25, 0.3) is 0 Å². The fraction of sp³-hybridized carbons (Fsp3) is 0.600. The van der Waals surface area contributed by atoms with Crippen LogP contribution in [0.2, 0.25) is 0 Å². The standard InChI is InChI=1S/C15H22O3/c1-2-11-17-13-7-3-4-8-14(13)18-12-15(16)9-5-6-10-15/h3-4,7-8,16H,2,5-6,9-12H2,1H3. The second-order valence-corrected chi connectivity index (χ2v) is 5.02. The minimum absolute atomic E-state index is 0.361. The summed E-state index contributed by atoms with van der Waals surface area (Å²) in [5.41, 5.74) is -0.641. The highest BCUT2D eigenvalue weighted by Gasteiger charge is 2.32. The average Bonchev–Trinajstić information content (AvgIpc) is 2.82. The molecule has 100 valence electrons. The normalized spacial score (nSPS) is 17.7. The van der Waals surface area contributed by atoms with Gasteiger partial charge >= 0.3 is 0 Å². The number of ether oxygens (including phenoxy) is 2. The van der Waals surface area contributed by atoms with Gasteiger partial charge in [0, 0.05) is 0 Å². The lowest BCUT2D eigenvalue weighted by Crippen LogP contribution is -2.32. The zero-order valence-electron chi connectivity index (χ0n) is 11.0. The van der Waals surface area contributed by atoms with Gasteiger partial charge in [-0.3, -0.25) is 0 Å². The van der Waals surface area contributed by atoms with E-state index in [2.05, 4.69) is 6.92 Å². The van der Waals surface area contributed by atoms with Crippen LogP contribution in [-0.4, -0.2) is 23.9 Å². The summed E-state index contributed by atoms with van der Waals surface area (Å²) in [6.45, 7) is 3.12. The first-order chi connectivity index (χ1) is 8.73. The van der Waals surface area contributed by atoms with Crippen molar-refractivity contribution in [1.82, 2.24) is 0 Å². The van der Waals surface area contributed by atoms with Crippen molar-refractivity contribution in [2.45, 2.75) is 44.6 Å². The van der Waals surface area contributed by atoms with Crippen molar-refractivity contribution in [3.8, 4) is 11.5 Å². The number of rotatable bonds is 6. The summed E-state index contributed by atoms with van der Waals surface area (Å²) in [5.74, 6) is 1.49. The van der Waals surface area contributed by atoms with Crippen LogP contribution in [0.4, 0.5) is 0 Å². The van der Waals surface area contributed by atoms with E-state index in [9.17, 15) is 5.11 Å². The quantitative estimate of drug-likeness (QED) is 0.843. The molecule has 2 rings (SSSR count). The zero-order chi connectivity index (χ0) is 12.8. The van der Waals surface area contributed by atoms with Crippen molar-refractivity contribution < 1.29 is 14.6 Å². The lowest BCUT2D eigenvalue weighted by atomic mass is 10.0. The maximum absolute atomic E-state index is 10.3. The van der Waals surface area contributed by atoms with Crippen molar-refractivity contribution >= 4 is 0 Å². The number of para-hydroxylation sites is 2. The van der Waals surface area contributed by atoms with E-state index >= 15 is 0 Å². The first-order valence-electron chi connectivity index (χ1n) is 6.80. The maximum Gasteiger partial charge on any atom is 0.161 e. The third-order valence-corrected chi connectivity index (χ3v) is 3.34. The van der Waals surface area contributed by atoms with Crippen molar-refractivity contribution in [1.29, 1.82) is 0 Å². The fourth-order valence-electron chi connectivity index (χ4n) is 2.29. The first-order valence-corrected chi connectivity index (χ1v) is 6.80. The minimum Gasteiger partial charge on any atom is -0.490 e. The number of hydrogen-bond acceptors (Lipinski definition) is 3. The average molecular weight is 250 g/mol. The van der Waals surface area contributed by atoms with Gasteiger partial charge in [-0.15, -0.1) is 0 Å². The van der Waals surface area contributed by atoms with E-state index in [1.165, 1.54) is 0 Å². The van der Waals surface area contributed by atoms with Gasteiger partial charge in [0.15, 0.2) is 11.5 Å². The van der Waals surface area contributed by atoms with Crippen LogP contribution in [0, 0.1) is 0 Å². The van der Waals surface area contributed by atoms with E-state index in [1.54, 1.807) is 0 Å². The highest BCUT2D eigenvalue weighted by molar-refractivity contribution is 5.39. The van der Waals surface area contributed by atoms with Crippen LogP contribution in [-0.2, 0) is 0 Å². The molecule has 0 spiro atoms. The van der Waals surface area contributed by atoms with Crippen LogP contribution in [0.15, 0.2) is 24.3 Å². The summed E-state index contributed by atoms with van der Waals surface area (Å²) < 4.78 is 11.4. The topological polar surface area (TPSA) is 38.7 Å². The van der Waals surface area contributed by atoms with Gasteiger partial charge in [-0.2, -0.15) is 0 Å². The first kappa shape index (κ1) is 13.2. The van der Waals surface area contributed by atoms with Crippen molar-refractivity contribution in [2.75, 3.05) is 13.2 Å². The van der Waals surface area contributed by atoms with Crippen LogP contribution in [0.5, 0.6) is 11.5 Å². The van der Waals surface area contributed by atoms with Crippen LogP contribution in [0.1, 0.15) is 39.0 Å². The van der Waals surface area contributed by atoms with E-state index in [0.29, 0.717) is 13.2 Å². The summed E-state index contributed by atoms with van der Waals surface area (Å²) in [7, 11) is 0. The molecule has 3 heteroatoms. The predicted octanol–water partition coefficient (Wildman–Crippen LogP) is 3.16. The Morgan fingerprint density at radius 3 is 2.33 bits per heavy atom. The van der Waals surface area contributed by atoms with Crippen molar-refractivity contribution in [2.24, 2.45) is 0 Å². The Balaban J connectivity index is 1.95. The molecule has 0 bridgehead atoms. The largest absolute Gasteiger partial charge is 0.490 e. The second kappa shape index (κ2) is 6.10.